The van der Waals surface area contributed by atoms with E-state index in [1.165, 1.54) is 12.0 Å². The Morgan fingerprint density at radius 1 is 1.12 bits per heavy atom. The van der Waals surface area contributed by atoms with Crippen molar-refractivity contribution in [3.05, 3.63) is 29.8 Å². The van der Waals surface area contributed by atoms with Gasteiger partial charge in [0.15, 0.2) is 0 Å². The van der Waals surface area contributed by atoms with Crippen molar-refractivity contribution in [3.8, 4) is 5.75 Å². The van der Waals surface area contributed by atoms with Crippen LogP contribution in [0.1, 0.15) is 31.7 Å². The molecule has 1 atom stereocenters. The number of carbonyl (C=O) groups is 1. The molecular weight excluding hydrogens is 326 g/mol. The average molecular weight is 360 g/mol. The third-order valence-electron chi connectivity index (χ3n) is 5.61. The number of amides is 1. The van der Waals surface area contributed by atoms with E-state index in [2.05, 4.69) is 40.7 Å². The minimum absolute atomic E-state index is 0.313. The van der Waals surface area contributed by atoms with Gasteiger partial charge in [0.25, 0.3) is 0 Å². The molecular formula is C21H33N3O2. The van der Waals surface area contributed by atoms with Crippen LogP contribution in [-0.2, 0) is 4.79 Å². The summed E-state index contributed by atoms with van der Waals surface area (Å²) >= 11 is 0. The fraction of sp³-hybridized carbons (Fsp3) is 0.667. The molecule has 2 fully saturated rings. The molecule has 1 amide bonds. The number of aryl methyl sites for hydroxylation is 1. The molecule has 0 unspecified atom stereocenters. The number of rotatable bonds is 6. The number of carbonyl (C=O) groups excluding carboxylic acids is 1. The van der Waals surface area contributed by atoms with Crippen LogP contribution in [0, 0.1) is 6.92 Å². The Hall–Kier alpha value is -1.59. The van der Waals surface area contributed by atoms with Crippen molar-refractivity contribution in [2.75, 3.05) is 52.4 Å². The van der Waals surface area contributed by atoms with Gasteiger partial charge in [-0.3, -0.25) is 14.6 Å². The SMILES string of the molecule is Cc1cccc(OCCN2CCN(CC(=O)N3CCCC[C@H]3C)CC2)c1. The van der Waals surface area contributed by atoms with Crippen molar-refractivity contribution in [3.63, 3.8) is 0 Å². The topological polar surface area (TPSA) is 36.0 Å². The van der Waals surface area contributed by atoms with Gasteiger partial charge < -0.3 is 9.64 Å². The summed E-state index contributed by atoms with van der Waals surface area (Å²) in [5.74, 6) is 1.26. The fourth-order valence-corrected chi connectivity index (χ4v) is 3.92. The molecule has 2 aliphatic rings. The van der Waals surface area contributed by atoms with Gasteiger partial charge >= 0.3 is 0 Å². The number of piperazine rings is 1. The van der Waals surface area contributed by atoms with Crippen molar-refractivity contribution in [2.45, 2.75) is 39.2 Å². The van der Waals surface area contributed by atoms with Gasteiger partial charge in [0.2, 0.25) is 5.91 Å². The summed E-state index contributed by atoms with van der Waals surface area (Å²) in [7, 11) is 0. The van der Waals surface area contributed by atoms with Gasteiger partial charge in [0, 0.05) is 45.3 Å². The molecule has 3 rings (SSSR count). The zero-order chi connectivity index (χ0) is 18.4. The lowest BCUT2D eigenvalue weighted by Crippen LogP contribution is -2.52. The number of nitrogens with zero attached hydrogens (tertiary/aromatic N) is 3. The zero-order valence-electron chi connectivity index (χ0n) is 16.3. The van der Waals surface area contributed by atoms with E-state index in [4.69, 9.17) is 4.74 Å². The van der Waals surface area contributed by atoms with Crippen LogP contribution in [0.4, 0.5) is 0 Å². The van der Waals surface area contributed by atoms with Crippen LogP contribution >= 0.6 is 0 Å². The smallest absolute Gasteiger partial charge is 0.236 e. The van der Waals surface area contributed by atoms with E-state index in [1.807, 2.05) is 12.1 Å². The van der Waals surface area contributed by atoms with Crippen molar-refractivity contribution in [1.29, 1.82) is 0 Å². The van der Waals surface area contributed by atoms with Crippen LogP contribution in [0.5, 0.6) is 5.75 Å². The molecule has 0 aromatic heterocycles. The number of likely N-dealkylation sites (tertiary alicyclic amines) is 1. The highest BCUT2D eigenvalue weighted by Gasteiger charge is 2.26. The highest BCUT2D eigenvalue weighted by molar-refractivity contribution is 5.78. The molecule has 5 nitrogen and oxygen atoms in total. The maximum Gasteiger partial charge on any atom is 0.236 e. The Labute approximate surface area is 157 Å². The Morgan fingerprint density at radius 3 is 2.62 bits per heavy atom. The number of benzene rings is 1. The monoisotopic (exact) mass is 359 g/mol. The number of hydrogen-bond donors (Lipinski definition) is 0. The third-order valence-corrected chi connectivity index (χ3v) is 5.61. The number of ether oxygens (including phenoxy) is 1. The Balaban J connectivity index is 1.34. The average Bonchev–Trinajstić information content (AvgIpc) is 2.63. The van der Waals surface area contributed by atoms with E-state index >= 15 is 0 Å². The molecule has 0 radical (unpaired) electrons. The molecule has 5 heteroatoms. The van der Waals surface area contributed by atoms with E-state index in [0.29, 0.717) is 25.1 Å². The van der Waals surface area contributed by atoms with Gasteiger partial charge in [-0.2, -0.15) is 0 Å². The van der Waals surface area contributed by atoms with Crippen LogP contribution in [0.2, 0.25) is 0 Å². The van der Waals surface area contributed by atoms with E-state index in [9.17, 15) is 4.79 Å². The van der Waals surface area contributed by atoms with Gasteiger partial charge in [-0.25, -0.2) is 0 Å². The highest BCUT2D eigenvalue weighted by Crippen LogP contribution is 2.17. The van der Waals surface area contributed by atoms with E-state index in [-0.39, 0.29) is 0 Å². The summed E-state index contributed by atoms with van der Waals surface area (Å²) in [6.07, 6.45) is 3.57. The van der Waals surface area contributed by atoms with Gasteiger partial charge in [0.1, 0.15) is 12.4 Å². The summed E-state index contributed by atoms with van der Waals surface area (Å²) in [6.45, 7) is 11.4. The molecule has 0 spiro atoms. The van der Waals surface area contributed by atoms with Gasteiger partial charge in [-0.15, -0.1) is 0 Å². The largest absolute Gasteiger partial charge is 0.492 e. The Kier molecular flexibility index (Phi) is 6.92. The highest BCUT2D eigenvalue weighted by atomic mass is 16.5. The van der Waals surface area contributed by atoms with Gasteiger partial charge in [-0.1, -0.05) is 12.1 Å². The minimum Gasteiger partial charge on any atom is -0.492 e. The second-order valence-electron chi connectivity index (χ2n) is 7.71. The lowest BCUT2D eigenvalue weighted by atomic mass is 10.0. The fourth-order valence-electron chi connectivity index (χ4n) is 3.92. The summed E-state index contributed by atoms with van der Waals surface area (Å²) in [4.78, 5) is 19.4. The molecule has 2 saturated heterocycles. The van der Waals surface area contributed by atoms with Crippen LogP contribution in [0.25, 0.3) is 0 Å². The molecule has 1 aromatic carbocycles. The van der Waals surface area contributed by atoms with E-state index in [1.54, 1.807) is 0 Å². The maximum absolute atomic E-state index is 12.6. The predicted molar refractivity (Wildman–Crippen MR) is 105 cm³/mol. The first-order valence-corrected chi connectivity index (χ1v) is 10.1. The number of hydrogen-bond acceptors (Lipinski definition) is 4. The molecule has 26 heavy (non-hydrogen) atoms. The first-order chi connectivity index (χ1) is 12.6. The Morgan fingerprint density at radius 2 is 1.88 bits per heavy atom. The van der Waals surface area contributed by atoms with Gasteiger partial charge in [-0.05, 0) is 50.8 Å². The maximum atomic E-state index is 12.6. The molecule has 0 saturated carbocycles. The molecule has 0 N–H and O–H groups in total. The summed E-state index contributed by atoms with van der Waals surface area (Å²) in [6, 6.07) is 8.61. The van der Waals surface area contributed by atoms with Gasteiger partial charge in [0.05, 0.1) is 6.54 Å². The first-order valence-electron chi connectivity index (χ1n) is 10.1. The van der Waals surface area contributed by atoms with Crippen LogP contribution < -0.4 is 4.74 Å². The van der Waals surface area contributed by atoms with Crippen LogP contribution in [0.3, 0.4) is 0 Å². The van der Waals surface area contributed by atoms with Crippen molar-refractivity contribution in [2.24, 2.45) is 0 Å². The van der Waals surface area contributed by atoms with Crippen molar-refractivity contribution >= 4 is 5.91 Å². The molecule has 2 aliphatic heterocycles. The second-order valence-corrected chi connectivity index (χ2v) is 7.71. The molecule has 0 bridgehead atoms. The Bertz CT molecular complexity index is 584. The van der Waals surface area contributed by atoms with Crippen LogP contribution in [-0.4, -0.2) is 79.1 Å². The lowest BCUT2D eigenvalue weighted by Gasteiger charge is -2.38. The normalized spacial score (nSPS) is 22.4. The molecule has 1 aromatic rings. The van der Waals surface area contributed by atoms with Crippen molar-refractivity contribution in [1.82, 2.24) is 14.7 Å². The lowest BCUT2D eigenvalue weighted by molar-refractivity contribution is -0.136. The van der Waals surface area contributed by atoms with E-state index in [0.717, 1.165) is 57.9 Å². The predicted octanol–water partition coefficient (Wildman–Crippen LogP) is 2.39. The summed E-state index contributed by atoms with van der Waals surface area (Å²) < 4.78 is 5.86. The first kappa shape index (κ1) is 19.2. The van der Waals surface area contributed by atoms with E-state index < -0.39 is 0 Å². The molecule has 2 heterocycles. The quantitative estimate of drug-likeness (QED) is 0.781. The molecule has 0 aliphatic carbocycles. The zero-order valence-corrected chi connectivity index (χ0v) is 16.3. The standard InChI is InChI=1S/C21H33N3O2/c1-18-6-5-8-20(16-18)26-15-14-22-10-12-23(13-11-22)17-21(25)24-9-4-3-7-19(24)2/h5-6,8,16,19H,3-4,7,9-15,17H2,1-2H3/t19-/m1/s1. The third kappa shape index (κ3) is 5.45. The minimum atomic E-state index is 0.313. The summed E-state index contributed by atoms with van der Waals surface area (Å²) in [5, 5.41) is 0. The summed E-state index contributed by atoms with van der Waals surface area (Å²) in [5.41, 5.74) is 1.23. The number of piperidine rings is 1. The second kappa shape index (κ2) is 9.38. The van der Waals surface area contributed by atoms with Crippen LogP contribution in [0.15, 0.2) is 24.3 Å². The molecule has 144 valence electrons. The van der Waals surface area contributed by atoms with Crippen molar-refractivity contribution < 1.29 is 9.53 Å².